The van der Waals surface area contributed by atoms with E-state index in [-0.39, 0.29) is 11.5 Å². The van der Waals surface area contributed by atoms with Crippen molar-refractivity contribution >= 4 is 15.9 Å². The van der Waals surface area contributed by atoms with Gasteiger partial charge in [0.2, 0.25) is 0 Å². The molecule has 0 heterocycles. The van der Waals surface area contributed by atoms with Crippen molar-refractivity contribution in [2.75, 3.05) is 14.2 Å². The summed E-state index contributed by atoms with van der Waals surface area (Å²) in [7, 11) is -0.537. The Balaban J connectivity index is 2.13. The molecule has 6 heteroatoms. The zero-order chi connectivity index (χ0) is 16.9. The van der Waals surface area contributed by atoms with E-state index in [1.54, 1.807) is 31.4 Å². The van der Waals surface area contributed by atoms with Crippen LogP contribution in [0.1, 0.15) is 11.1 Å². The van der Waals surface area contributed by atoms with Crippen LogP contribution >= 0.6 is 0 Å². The maximum Gasteiger partial charge on any atom is 0.175 e. The van der Waals surface area contributed by atoms with Crippen molar-refractivity contribution in [3.8, 4) is 11.5 Å². The number of ether oxygens (including phenoxy) is 2. The fourth-order valence-electron chi connectivity index (χ4n) is 1.96. The van der Waals surface area contributed by atoms with E-state index < -0.39 is 15.7 Å². The van der Waals surface area contributed by atoms with Gasteiger partial charge < -0.3 is 9.47 Å². The molecular formula is C17H17FO4S. The summed E-state index contributed by atoms with van der Waals surface area (Å²) in [6.07, 6.45) is 1.42. The van der Waals surface area contributed by atoms with E-state index in [1.807, 2.05) is 0 Å². The maximum absolute atomic E-state index is 13.3. The molecule has 0 aliphatic heterocycles. The molecule has 0 atom stereocenters. The van der Waals surface area contributed by atoms with E-state index in [0.29, 0.717) is 16.9 Å². The van der Waals surface area contributed by atoms with Crippen molar-refractivity contribution in [3.63, 3.8) is 0 Å². The van der Waals surface area contributed by atoms with Crippen LogP contribution < -0.4 is 9.47 Å². The van der Waals surface area contributed by atoms with Crippen LogP contribution in [0, 0.1) is 5.82 Å². The van der Waals surface area contributed by atoms with Crippen molar-refractivity contribution in [2.45, 2.75) is 5.75 Å². The SMILES string of the molecule is COc1ccc(CS(=O)(=O)C=Cc2ccc(F)c(OC)c2)cc1. The fourth-order valence-corrected chi connectivity index (χ4v) is 3.08. The summed E-state index contributed by atoms with van der Waals surface area (Å²) in [5.41, 5.74) is 1.20. The second-order valence-electron chi connectivity index (χ2n) is 4.85. The van der Waals surface area contributed by atoms with Crippen LogP contribution in [-0.4, -0.2) is 22.6 Å². The number of hydrogen-bond donors (Lipinski definition) is 0. The number of methoxy groups -OCH3 is 2. The lowest BCUT2D eigenvalue weighted by atomic mass is 10.2. The second kappa shape index (κ2) is 7.28. The van der Waals surface area contributed by atoms with Gasteiger partial charge in [0.25, 0.3) is 0 Å². The molecule has 0 bridgehead atoms. The maximum atomic E-state index is 13.3. The molecule has 0 N–H and O–H groups in total. The second-order valence-corrected chi connectivity index (χ2v) is 6.74. The minimum atomic E-state index is -3.44. The van der Waals surface area contributed by atoms with Crippen molar-refractivity contribution in [1.29, 1.82) is 0 Å². The molecule has 0 aromatic heterocycles. The number of sulfone groups is 1. The first-order valence-electron chi connectivity index (χ1n) is 6.81. The molecule has 122 valence electrons. The summed E-state index contributed by atoms with van der Waals surface area (Å²) in [5, 5.41) is 1.11. The summed E-state index contributed by atoms with van der Waals surface area (Å²) in [6, 6.07) is 11.0. The number of benzene rings is 2. The van der Waals surface area contributed by atoms with Crippen LogP contribution in [0.25, 0.3) is 6.08 Å². The number of halogens is 1. The van der Waals surface area contributed by atoms with Crippen molar-refractivity contribution < 1.29 is 22.3 Å². The van der Waals surface area contributed by atoms with Gasteiger partial charge in [0.15, 0.2) is 21.4 Å². The first-order chi connectivity index (χ1) is 10.9. The lowest BCUT2D eigenvalue weighted by molar-refractivity contribution is 0.386. The molecule has 2 aromatic carbocycles. The standard InChI is InChI=1S/C17H17FO4S/c1-21-15-6-3-14(4-7-15)12-23(19,20)10-9-13-5-8-16(18)17(11-13)22-2/h3-11H,12H2,1-2H3. The minimum Gasteiger partial charge on any atom is -0.497 e. The molecule has 0 unspecified atom stereocenters. The van der Waals surface area contributed by atoms with Gasteiger partial charge in [-0.15, -0.1) is 0 Å². The summed E-state index contributed by atoms with van der Waals surface area (Å²) in [6.45, 7) is 0. The Morgan fingerprint density at radius 2 is 1.74 bits per heavy atom. The van der Waals surface area contributed by atoms with Crippen molar-refractivity contribution in [2.24, 2.45) is 0 Å². The Labute approximate surface area is 135 Å². The molecular weight excluding hydrogens is 319 g/mol. The van der Waals surface area contributed by atoms with Crippen molar-refractivity contribution in [1.82, 2.24) is 0 Å². The highest BCUT2D eigenvalue weighted by molar-refractivity contribution is 7.93. The zero-order valence-corrected chi connectivity index (χ0v) is 13.6. The van der Waals surface area contributed by atoms with Gasteiger partial charge in [-0.05, 0) is 41.5 Å². The average molecular weight is 336 g/mol. The lowest BCUT2D eigenvalue weighted by Crippen LogP contribution is -2.00. The van der Waals surface area contributed by atoms with E-state index in [9.17, 15) is 12.8 Å². The molecule has 0 amide bonds. The molecule has 0 radical (unpaired) electrons. The van der Waals surface area contributed by atoms with E-state index >= 15 is 0 Å². The van der Waals surface area contributed by atoms with Gasteiger partial charge in [-0.1, -0.05) is 18.2 Å². The highest BCUT2D eigenvalue weighted by Crippen LogP contribution is 2.20. The third kappa shape index (κ3) is 4.82. The van der Waals surface area contributed by atoms with Gasteiger partial charge in [-0.3, -0.25) is 0 Å². The smallest absolute Gasteiger partial charge is 0.175 e. The van der Waals surface area contributed by atoms with E-state index in [2.05, 4.69) is 0 Å². The molecule has 2 aromatic rings. The Hall–Kier alpha value is -2.34. The fraction of sp³-hybridized carbons (Fsp3) is 0.176. The summed E-state index contributed by atoms with van der Waals surface area (Å²) >= 11 is 0. The van der Waals surface area contributed by atoms with Crippen LogP contribution in [0.3, 0.4) is 0 Å². The summed E-state index contributed by atoms with van der Waals surface area (Å²) in [5.74, 6) is 0.122. The Kier molecular flexibility index (Phi) is 5.39. The van der Waals surface area contributed by atoms with Crippen LogP contribution in [0.4, 0.5) is 4.39 Å². The first-order valence-corrected chi connectivity index (χ1v) is 8.52. The third-order valence-electron chi connectivity index (χ3n) is 3.17. The van der Waals surface area contributed by atoms with E-state index in [0.717, 1.165) is 5.41 Å². The van der Waals surface area contributed by atoms with Gasteiger partial charge in [-0.2, -0.15) is 0 Å². The highest BCUT2D eigenvalue weighted by Gasteiger charge is 2.09. The van der Waals surface area contributed by atoms with E-state index in [4.69, 9.17) is 9.47 Å². The van der Waals surface area contributed by atoms with Gasteiger partial charge in [0.05, 0.1) is 20.0 Å². The molecule has 0 aliphatic carbocycles. The predicted molar refractivity (Wildman–Crippen MR) is 87.6 cm³/mol. The molecule has 0 spiro atoms. The van der Waals surface area contributed by atoms with Crippen molar-refractivity contribution in [3.05, 3.63) is 64.8 Å². The Morgan fingerprint density at radius 1 is 1.04 bits per heavy atom. The topological polar surface area (TPSA) is 52.6 Å². The van der Waals surface area contributed by atoms with Gasteiger partial charge in [0, 0.05) is 5.41 Å². The van der Waals surface area contributed by atoms with E-state index in [1.165, 1.54) is 31.4 Å². The minimum absolute atomic E-state index is 0.0692. The normalized spacial score (nSPS) is 11.6. The molecule has 0 fully saturated rings. The molecule has 0 saturated carbocycles. The molecule has 0 aliphatic rings. The largest absolute Gasteiger partial charge is 0.497 e. The summed E-state index contributed by atoms with van der Waals surface area (Å²) < 4.78 is 47.5. The highest BCUT2D eigenvalue weighted by atomic mass is 32.2. The Morgan fingerprint density at radius 3 is 2.35 bits per heavy atom. The van der Waals surface area contributed by atoms with Crippen LogP contribution in [0.2, 0.25) is 0 Å². The monoisotopic (exact) mass is 336 g/mol. The zero-order valence-electron chi connectivity index (χ0n) is 12.8. The van der Waals surface area contributed by atoms with Gasteiger partial charge in [0.1, 0.15) is 5.75 Å². The third-order valence-corrected chi connectivity index (χ3v) is 4.46. The first kappa shape index (κ1) is 17.0. The predicted octanol–water partition coefficient (Wildman–Crippen LogP) is 3.43. The van der Waals surface area contributed by atoms with Crippen LogP contribution in [-0.2, 0) is 15.6 Å². The molecule has 23 heavy (non-hydrogen) atoms. The van der Waals surface area contributed by atoms with Crippen LogP contribution in [0.15, 0.2) is 47.9 Å². The Bertz CT molecular complexity index is 796. The van der Waals surface area contributed by atoms with Gasteiger partial charge >= 0.3 is 0 Å². The number of hydrogen-bond acceptors (Lipinski definition) is 4. The average Bonchev–Trinajstić information content (AvgIpc) is 2.54. The molecule has 2 rings (SSSR count). The number of rotatable bonds is 6. The van der Waals surface area contributed by atoms with Crippen LogP contribution in [0.5, 0.6) is 11.5 Å². The molecule has 4 nitrogen and oxygen atoms in total. The molecule has 0 saturated heterocycles. The summed E-state index contributed by atoms with van der Waals surface area (Å²) in [4.78, 5) is 0. The quantitative estimate of drug-likeness (QED) is 0.811. The van der Waals surface area contributed by atoms with Gasteiger partial charge in [-0.25, -0.2) is 12.8 Å². The lowest BCUT2D eigenvalue weighted by Gasteiger charge is -2.04.